The van der Waals surface area contributed by atoms with Crippen LogP contribution in [0.2, 0.25) is 0 Å². The zero-order valence-corrected chi connectivity index (χ0v) is 10.9. The molecule has 0 atom stereocenters. The molecule has 0 fully saturated rings. The molecule has 0 aliphatic carbocycles. The van der Waals surface area contributed by atoms with Crippen molar-refractivity contribution in [1.29, 1.82) is 0 Å². The van der Waals surface area contributed by atoms with Gasteiger partial charge in [0.05, 0.1) is 5.56 Å². The largest absolute Gasteiger partial charge is 0.480 e. The molecule has 1 rings (SSSR count). The van der Waals surface area contributed by atoms with Crippen LogP contribution in [0.5, 0.6) is 0 Å². The maximum Gasteiger partial charge on any atom is 0.323 e. The Morgan fingerprint density at radius 1 is 1.22 bits per heavy atom. The zero-order valence-electron chi connectivity index (χ0n) is 9.30. The molecule has 18 heavy (non-hydrogen) atoms. The Balaban J connectivity index is 2.98. The van der Waals surface area contributed by atoms with Crippen molar-refractivity contribution in [3.05, 3.63) is 34.3 Å². The van der Waals surface area contributed by atoms with Crippen molar-refractivity contribution in [2.24, 2.45) is 5.73 Å². The van der Waals surface area contributed by atoms with Gasteiger partial charge in [0, 0.05) is 4.47 Å². The third kappa shape index (κ3) is 3.85. The summed E-state index contributed by atoms with van der Waals surface area (Å²) < 4.78 is 0.523. The monoisotopic (exact) mass is 314 g/mol. The molecule has 0 saturated heterocycles. The normalized spacial score (nSPS) is 9.83. The Morgan fingerprint density at radius 2 is 1.83 bits per heavy atom. The van der Waals surface area contributed by atoms with Crippen molar-refractivity contribution in [2.75, 3.05) is 13.1 Å². The first kappa shape index (κ1) is 14.2. The number of nitrogens with zero attached hydrogens (tertiary/aromatic N) is 1. The van der Waals surface area contributed by atoms with E-state index in [1.165, 1.54) is 6.07 Å². The van der Waals surface area contributed by atoms with Gasteiger partial charge in [0.1, 0.15) is 13.1 Å². The fourth-order valence-corrected chi connectivity index (χ4v) is 1.81. The van der Waals surface area contributed by atoms with Gasteiger partial charge in [0.25, 0.3) is 5.91 Å². The van der Waals surface area contributed by atoms with Crippen LogP contribution >= 0.6 is 15.9 Å². The third-order valence-electron chi connectivity index (χ3n) is 2.06. The summed E-state index contributed by atoms with van der Waals surface area (Å²) >= 11 is 3.19. The second-order valence-electron chi connectivity index (χ2n) is 3.50. The van der Waals surface area contributed by atoms with E-state index in [-0.39, 0.29) is 5.56 Å². The number of carboxylic acids is 1. The van der Waals surface area contributed by atoms with Crippen LogP contribution in [0.1, 0.15) is 10.4 Å². The van der Waals surface area contributed by atoms with Gasteiger partial charge in [-0.3, -0.25) is 14.4 Å². The van der Waals surface area contributed by atoms with Crippen LogP contribution in [0, 0.1) is 0 Å². The van der Waals surface area contributed by atoms with Crippen molar-refractivity contribution >= 4 is 33.7 Å². The summed E-state index contributed by atoms with van der Waals surface area (Å²) in [7, 11) is 0. The molecule has 0 heterocycles. The maximum absolute atomic E-state index is 12.1. The Morgan fingerprint density at radius 3 is 2.33 bits per heavy atom. The van der Waals surface area contributed by atoms with Crippen LogP contribution in [0.4, 0.5) is 0 Å². The molecular weight excluding hydrogens is 304 g/mol. The summed E-state index contributed by atoms with van der Waals surface area (Å²) in [5.74, 6) is -2.54. The fraction of sp³-hybridized carbons (Fsp3) is 0.182. The van der Waals surface area contributed by atoms with E-state index in [1.54, 1.807) is 18.2 Å². The first-order valence-electron chi connectivity index (χ1n) is 4.95. The molecule has 0 aliphatic heterocycles. The number of rotatable bonds is 5. The lowest BCUT2D eigenvalue weighted by atomic mass is 10.2. The van der Waals surface area contributed by atoms with Gasteiger partial charge in [0.2, 0.25) is 5.91 Å². The highest BCUT2D eigenvalue weighted by molar-refractivity contribution is 9.10. The first-order valence-corrected chi connectivity index (χ1v) is 5.75. The number of carboxylic acid groups (broad SMARTS) is 1. The number of halogens is 1. The van der Waals surface area contributed by atoms with Crippen LogP contribution in [-0.4, -0.2) is 40.9 Å². The highest BCUT2D eigenvalue weighted by atomic mass is 79.9. The second kappa shape index (κ2) is 6.15. The predicted octanol–water partition coefficient (Wildman–Crippen LogP) is 0.461. The Labute approximate surface area is 112 Å². The number of aliphatic carboxylic acids is 1. The van der Waals surface area contributed by atoms with Gasteiger partial charge in [-0.1, -0.05) is 12.1 Å². The molecule has 0 bridgehead atoms. The molecule has 6 nitrogen and oxygen atoms in total. The minimum Gasteiger partial charge on any atom is -0.480 e. The molecule has 7 heteroatoms. The summed E-state index contributed by atoms with van der Waals surface area (Å²) in [6.07, 6.45) is 0. The lowest BCUT2D eigenvalue weighted by Crippen LogP contribution is -2.41. The van der Waals surface area contributed by atoms with Gasteiger partial charge in [-0.2, -0.15) is 0 Å². The van der Waals surface area contributed by atoms with Crippen molar-refractivity contribution < 1.29 is 19.5 Å². The molecule has 0 aromatic heterocycles. The zero-order chi connectivity index (χ0) is 13.7. The van der Waals surface area contributed by atoms with E-state index in [1.807, 2.05) is 0 Å². The molecule has 1 aromatic carbocycles. The molecule has 0 saturated carbocycles. The number of hydrogen-bond donors (Lipinski definition) is 2. The molecular formula is C11H11BrN2O4. The smallest absolute Gasteiger partial charge is 0.323 e. The van der Waals surface area contributed by atoms with E-state index in [0.717, 1.165) is 4.90 Å². The fourth-order valence-electron chi connectivity index (χ4n) is 1.36. The minimum absolute atomic E-state index is 0.278. The number of hydrogen-bond acceptors (Lipinski definition) is 3. The van der Waals surface area contributed by atoms with Crippen LogP contribution in [0.15, 0.2) is 28.7 Å². The molecule has 3 N–H and O–H groups in total. The Hall–Kier alpha value is -1.89. The van der Waals surface area contributed by atoms with Gasteiger partial charge in [-0.15, -0.1) is 0 Å². The third-order valence-corrected chi connectivity index (χ3v) is 2.76. The molecule has 1 aromatic rings. The van der Waals surface area contributed by atoms with Crippen LogP contribution in [0.3, 0.4) is 0 Å². The van der Waals surface area contributed by atoms with E-state index in [4.69, 9.17) is 10.8 Å². The van der Waals surface area contributed by atoms with E-state index < -0.39 is 30.9 Å². The van der Waals surface area contributed by atoms with Crippen LogP contribution < -0.4 is 5.73 Å². The number of amides is 2. The topological polar surface area (TPSA) is 101 Å². The van der Waals surface area contributed by atoms with E-state index >= 15 is 0 Å². The molecule has 96 valence electrons. The van der Waals surface area contributed by atoms with Gasteiger partial charge in [-0.25, -0.2) is 0 Å². The number of carbonyl (C=O) groups excluding carboxylic acids is 2. The van der Waals surface area contributed by atoms with Gasteiger partial charge in [0.15, 0.2) is 0 Å². The number of benzene rings is 1. The Bertz CT molecular complexity index is 474. The average Bonchev–Trinajstić information content (AvgIpc) is 2.26. The van der Waals surface area contributed by atoms with Gasteiger partial charge in [-0.05, 0) is 28.1 Å². The van der Waals surface area contributed by atoms with E-state index in [0.29, 0.717) is 4.47 Å². The average molecular weight is 315 g/mol. The van der Waals surface area contributed by atoms with Crippen molar-refractivity contribution in [3.63, 3.8) is 0 Å². The van der Waals surface area contributed by atoms with Crippen molar-refractivity contribution in [1.82, 2.24) is 4.90 Å². The van der Waals surface area contributed by atoms with Crippen LogP contribution in [-0.2, 0) is 9.59 Å². The minimum atomic E-state index is -1.21. The number of nitrogens with two attached hydrogens (primary N) is 1. The lowest BCUT2D eigenvalue weighted by Gasteiger charge is -2.19. The summed E-state index contributed by atoms with van der Waals surface area (Å²) in [5, 5.41) is 8.70. The molecule has 0 aliphatic rings. The molecule has 2 amide bonds. The highest BCUT2D eigenvalue weighted by Crippen LogP contribution is 2.17. The summed E-state index contributed by atoms with van der Waals surface area (Å²) in [4.78, 5) is 34.4. The molecule has 0 unspecified atom stereocenters. The van der Waals surface area contributed by atoms with Crippen molar-refractivity contribution in [2.45, 2.75) is 0 Å². The van der Waals surface area contributed by atoms with E-state index in [2.05, 4.69) is 15.9 Å². The lowest BCUT2D eigenvalue weighted by molar-refractivity contribution is -0.138. The first-order chi connectivity index (χ1) is 8.41. The number of carbonyl (C=O) groups is 3. The van der Waals surface area contributed by atoms with Crippen molar-refractivity contribution in [3.8, 4) is 0 Å². The summed E-state index contributed by atoms with van der Waals surface area (Å²) in [6, 6.07) is 6.54. The maximum atomic E-state index is 12.1. The highest BCUT2D eigenvalue weighted by Gasteiger charge is 2.21. The molecule has 0 spiro atoms. The van der Waals surface area contributed by atoms with E-state index in [9.17, 15) is 14.4 Å². The van der Waals surface area contributed by atoms with Gasteiger partial charge < -0.3 is 15.7 Å². The summed E-state index contributed by atoms with van der Waals surface area (Å²) in [6.45, 7) is -1.02. The molecule has 0 radical (unpaired) electrons. The standard InChI is InChI=1S/C11H11BrN2O4/c12-8-4-2-1-3-7(8)11(18)14(5-9(13)15)6-10(16)17/h1-4H,5-6H2,(H2,13,15)(H,16,17). The Kier molecular flexibility index (Phi) is 4.85. The van der Waals surface area contributed by atoms with Crippen LogP contribution in [0.25, 0.3) is 0 Å². The van der Waals surface area contributed by atoms with Gasteiger partial charge >= 0.3 is 5.97 Å². The number of primary amides is 1. The SMILES string of the molecule is NC(=O)CN(CC(=O)O)C(=O)c1ccccc1Br. The quantitative estimate of drug-likeness (QED) is 0.824. The second-order valence-corrected chi connectivity index (χ2v) is 4.36. The summed E-state index contributed by atoms with van der Waals surface area (Å²) in [5.41, 5.74) is 5.26. The predicted molar refractivity (Wildman–Crippen MR) is 66.9 cm³/mol.